The van der Waals surface area contributed by atoms with Gasteiger partial charge in [0.1, 0.15) is 11.9 Å². The molecule has 1 fully saturated rings. The molecule has 24 heavy (non-hydrogen) atoms. The molecule has 2 aliphatic rings. The Balaban J connectivity index is 1.69. The average Bonchev–Trinajstić information content (AvgIpc) is 3.22. The lowest BCUT2D eigenvalue weighted by Crippen LogP contribution is -2.53. The highest BCUT2D eigenvalue weighted by molar-refractivity contribution is 5.98. The van der Waals surface area contributed by atoms with E-state index in [9.17, 15) is 9.59 Å². The number of aryl methyl sites for hydroxylation is 1. The van der Waals surface area contributed by atoms with Crippen LogP contribution >= 0.6 is 0 Å². The zero-order chi connectivity index (χ0) is 16.8. The van der Waals surface area contributed by atoms with Crippen LogP contribution < -0.4 is 5.32 Å². The van der Waals surface area contributed by atoms with Crippen LogP contribution in [0.4, 0.5) is 0 Å². The summed E-state index contributed by atoms with van der Waals surface area (Å²) in [5.74, 6) is 1.60. The van der Waals surface area contributed by atoms with Gasteiger partial charge in [0.15, 0.2) is 5.82 Å². The summed E-state index contributed by atoms with van der Waals surface area (Å²) in [6.45, 7) is 2.52. The molecule has 0 aromatic carbocycles. The number of rotatable bonds is 3. The molecule has 8 nitrogen and oxygen atoms in total. The van der Waals surface area contributed by atoms with Crippen molar-refractivity contribution >= 4 is 11.8 Å². The Morgan fingerprint density at radius 1 is 1.33 bits per heavy atom. The van der Waals surface area contributed by atoms with Crippen LogP contribution in [0.1, 0.15) is 46.5 Å². The molecule has 8 heteroatoms. The maximum atomic E-state index is 13.1. The third-order valence-electron chi connectivity index (χ3n) is 4.86. The van der Waals surface area contributed by atoms with E-state index in [-0.39, 0.29) is 18.4 Å². The van der Waals surface area contributed by atoms with Crippen molar-refractivity contribution in [2.75, 3.05) is 7.05 Å². The number of amides is 2. The molecule has 4 rings (SSSR count). The predicted molar refractivity (Wildman–Crippen MR) is 85.3 cm³/mol. The van der Waals surface area contributed by atoms with Crippen molar-refractivity contribution in [2.24, 2.45) is 0 Å². The van der Waals surface area contributed by atoms with E-state index in [1.54, 1.807) is 18.1 Å². The van der Waals surface area contributed by atoms with Crippen molar-refractivity contribution in [3.05, 3.63) is 35.2 Å². The van der Waals surface area contributed by atoms with E-state index in [0.29, 0.717) is 23.9 Å². The highest BCUT2D eigenvalue weighted by Gasteiger charge is 2.38. The van der Waals surface area contributed by atoms with Crippen LogP contribution in [0, 0.1) is 6.92 Å². The molecule has 2 aromatic heterocycles. The summed E-state index contributed by atoms with van der Waals surface area (Å²) >= 11 is 0. The number of carbonyl (C=O) groups is 2. The van der Waals surface area contributed by atoms with E-state index in [2.05, 4.69) is 20.5 Å². The molecule has 3 heterocycles. The van der Waals surface area contributed by atoms with Gasteiger partial charge < -0.3 is 19.8 Å². The standard InChI is InChI=1S/C16H20N6O2/c1-9-19-20-13-8-22(12(7-21(9)13)15(23)17-2)16(24)11-5-6-18-14(11)10-3-4-10/h5-6,10,12,18H,3-4,7-8H2,1-2H3,(H,17,23). The first kappa shape index (κ1) is 14.9. The number of hydrogen-bond donors (Lipinski definition) is 2. The van der Waals surface area contributed by atoms with Crippen molar-refractivity contribution in [2.45, 2.75) is 44.8 Å². The van der Waals surface area contributed by atoms with Gasteiger partial charge in [0.2, 0.25) is 5.91 Å². The Bertz CT molecular complexity index is 803. The smallest absolute Gasteiger partial charge is 0.256 e. The number of H-pyrrole nitrogens is 1. The SMILES string of the molecule is CNC(=O)C1Cn2c(C)nnc2CN1C(=O)c1cc[nH]c1C1CC1. The van der Waals surface area contributed by atoms with Gasteiger partial charge in [0, 0.05) is 18.9 Å². The van der Waals surface area contributed by atoms with E-state index in [1.165, 1.54) is 0 Å². The number of nitrogens with zero attached hydrogens (tertiary/aromatic N) is 4. The lowest BCUT2D eigenvalue weighted by atomic mass is 10.1. The van der Waals surface area contributed by atoms with Gasteiger partial charge in [-0.3, -0.25) is 9.59 Å². The summed E-state index contributed by atoms with van der Waals surface area (Å²) in [7, 11) is 1.59. The molecule has 0 saturated heterocycles. The number of fused-ring (bicyclic) bond motifs is 1. The third kappa shape index (κ3) is 2.29. The molecule has 0 radical (unpaired) electrons. The lowest BCUT2D eigenvalue weighted by Gasteiger charge is -2.35. The molecule has 126 valence electrons. The quantitative estimate of drug-likeness (QED) is 0.860. The number of aromatic amines is 1. The molecule has 0 spiro atoms. The highest BCUT2D eigenvalue weighted by Crippen LogP contribution is 2.41. The molecular weight excluding hydrogens is 308 g/mol. The summed E-state index contributed by atoms with van der Waals surface area (Å²) in [5.41, 5.74) is 1.65. The van der Waals surface area contributed by atoms with Crippen LogP contribution in [0.5, 0.6) is 0 Å². The highest BCUT2D eigenvalue weighted by atomic mass is 16.2. The van der Waals surface area contributed by atoms with E-state index < -0.39 is 6.04 Å². The Morgan fingerprint density at radius 2 is 2.12 bits per heavy atom. The van der Waals surface area contributed by atoms with Crippen molar-refractivity contribution in [3.8, 4) is 0 Å². The normalized spacial score (nSPS) is 19.9. The van der Waals surface area contributed by atoms with Gasteiger partial charge in [-0.1, -0.05) is 0 Å². The molecule has 2 aromatic rings. The zero-order valence-corrected chi connectivity index (χ0v) is 13.7. The van der Waals surface area contributed by atoms with Gasteiger partial charge >= 0.3 is 0 Å². The first-order chi connectivity index (χ1) is 11.6. The average molecular weight is 328 g/mol. The Kier molecular flexibility index (Phi) is 3.40. The Morgan fingerprint density at radius 3 is 2.83 bits per heavy atom. The number of aromatic nitrogens is 4. The van der Waals surface area contributed by atoms with Gasteiger partial charge in [-0.15, -0.1) is 10.2 Å². The van der Waals surface area contributed by atoms with Crippen LogP contribution in [-0.2, 0) is 17.9 Å². The summed E-state index contributed by atoms with van der Waals surface area (Å²) in [4.78, 5) is 30.3. The fourth-order valence-corrected chi connectivity index (χ4v) is 3.35. The van der Waals surface area contributed by atoms with Gasteiger partial charge in [0.25, 0.3) is 5.91 Å². The lowest BCUT2D eigenvalue weighted by molar-refractivity contribution is -0.126. The number of hydrogen-bond acceptors (Lipinski definition) is 4. The summed E-state index contributed by atoms with van der Waals surface area (Å²) in [5, 5.41) is 10.9. The monoisotopic (exact) mass is 328 g/mol. The van der Waals surface area contributed by atoms with Crippen molar-refractivity contribution in [1.29, 1.82) is 0 Å². The molecule has 1 aliphatic carbocycles. The number of nitrogens with one attached hydrogen (secondary N) is 2. The van der Waals surface area contributed by atoms with E-state index in [1.807, 2.05) is 17.6 Å². The topological polar surface area (TPSA) is 95.9 Å². The molecule has 1 saturated carbocycles. The second-order valence-electron chi connectivity index (χ2n) is 6.42. The molecule has 2 N–H and O–H groups in total. The van der Waals surface area contributed by atoms with Crippen molar-refractivity contribution in [3.63, 3.8) is 0 Å². The van der Waals surface area contributed by atoms with Gasteiger partial charge in [-0.2, -0.15) is 0 Å². The summed E-state index contributed by atoms with van der Waals surface area (Å²) in [6.07, 6.45) is 4.01. The van der Waals surface area contributed by atoms with E-state index in [0.717, 1.165) is 24.4 Å². The fourth-order valence-electron chi connectivity index (χ4n) is 3.35. The van der Waals surface area contributed by atoms with Crippen molar-refractivity contribution < 1.29 is 9.59 Å². The van der Waals surface area contributed by atoms with Crippen LogP contribution in [0.25, 0.3) is 0 Å². The minimum absolute atomic E-state index is 0.126. The van der Waals surface area contributed by atoms with Crippen LogP contribution in [0.3, 0.4) is 0 Å². The second kappa shape index (κ2) is 5.47. The van der Waals surface area contributed by atoms with Gasteiger partial charge in [0.05, 0.1) is 18.7 Å². The largest absolute Gasteiger partial charge is 0.364 e. The predicted octanol–water partition coefficient (Wildman–Crippen LogP) is 0.563. The minimum Gasteiger partial charge on any atom is -0.364 e. The van der Waals surface area contributed by atoms with Gasteiger partial charge in [-0.25, -0.2) is 0 Å². The molecule has 2 amide bonds. The van der Waals surface area contributed by atoms with Crippen LogP contribution in [0.15, 0.2) is 12.3 Å². The van der Waals surface area contributed by atoms with E-state index in [4.69, 9.17) is 0 Å². The first-order valence-electron chi connectivity index (χ1n) is 8.18. The maximum absolute atomic E-state index is 13.1. The number of likely N-dealkylation sites (N-methyl/N-ethyl adjacent to an activating group) is 1. The third-order valence-corrected chi connectivity index (χ3v) is 4.86. The minimum atomic E-state index is -0.563. The molecule has 1 aliphatic heterocycles. The van der Waals surface area contributed by atoms with Crippen molar-refractivity contribution in [1.82, 2.24) is 30.0 Å². The van der Waals surface area contributed by atoms with Crippen LogP contribution in [0.2, 0.25) is 0 Å². The Labute approximate surface area is 139 Å². The summed E-state index contributed by atoms with van der Waals surface area (Å²) in [6, 6.07) is 1.24. The van der Waals surface area contributed by atoms with Crippen LogP contribution in [-0.4, -0.2) is 49.6 Å². The second-order valence-corrected chi connectivity index (χ2v) is 6.42. The molecular formula is C16H20N6O2. The fraction of sp³-hybridized carbons (Fsp3) is 0.500. The molecule has 0 bridgehead atoms. The Hall–Kier alpha value is -2.64. The first-order valence-corrected chi connectivity index (χ1v) is 8.18. The molecule has 1 unspecified atom stereocenters. The maximum Gasteiger partial charge on any atom is 0.256 e. The number of carbonyl (C=O) groups excluding carboxylic acids is 2. The van der Waals surface area contributed by atoms with E-state index >= 15 is 0 Å². The molecule has 1 atom stereocenters. The zero-order valence-electron chi connectivity index (χ0n) is 13.7. The summed E-state index contributed by atoms with van der Waals surface area (Å²) < 4.78 is 1.91. The van der Waals surface area contributed by atoms with Gasteiger partial charge in [-0.05, 0) is 31.7 Å².